The number of aromatic nitrogens is 1. The summed E-state index contributed by atoms with van der Waals surface area (Å²) in [4.78, 5) is 8.15. The highest BCUT2D eigenvalue weighted by molar-refractivity contribution is 5.82. The van der Waals surface area contributed by atoms with Crippen LogP contribution in [0.5, 0.6) is 0 Å². The van der Waals surface area contributed by atoms with Gasteiger partial charge in [-0.25, -0.2) is 0 Å². The van der Waals surface area contributed by atoms with Crippen LogP contribution >= 0.6 is 0 Å². The first-order chi connectivity index (χ1) is 6.33. The van der Waals surface area contributed by atoms with Crippen LogP contribution < -0.4 is 5.73 Å². The molecular formula is C10H15N3. The second-order valence-corrected chi connectivity index (χ2v) is 2.91. The average molecular weight is 177 g/mol. The molecule has 0 saturated heterocycles. The van der Waals surface area contributed by atoms with Gasteiger partial charge in [-0.2, -0.15) is 0 Å². The fourth-order valence-electron chi connectivity index (χ4n) is 1.02. The summed E-state index contributed by atoms with van der Waals surface area (Å²) in [6, 6.07) is 3.91. The van der Waals surface area contributed by atoms with E-state index < -0.39 is 0 Å². The minimum atomic E-state index is 0.702. The van der Waals surface area contributed by atoms with Gasteiger partial charge < -0.3 is 5.73 Å². The second kappa shape index (κ2) is 5.30. The van der Waals surface area contributed by atoms with Gasteiger partial charge in [0, 0.05) is 25.4 Å². The molecule has 3 nitrogen and oxygen atoms in total. The van der Waals surface area contributed by atoms with Crippen molar-refractivity contribution in [3.8, 4) is 0 Å². The summed E-state index contributed by atoms with van der Waals surface area (Å²) >= 11 is 0. The molecule has 0 aliphatic carbocycles. The number of nitrogens with two attached hydrogens (primary N) is 1. The van der Waals surface area contributed by atoms with E-state index in [4.69, 9.17) is 5.73 Å². The monoisotopic (exact) mass is 177 g/mol. The van der Waals surface area contributed by atoms with E-state index in [9.17, 15) is 0 Å². The number of aliphatic imine (C=N–C) groups is 1. The average Bonchev–Trinajstić information content (AvgIpc) is 2.16. The predicted molar refractivity (Wildman–Crippen MR) is 54.7 cm³/mol. The van der Waals surface area contributed by atoms with Gasteiger partial charge in [0.05, 0.1) is 5.84 Å². The summed E-state index contributed by atoms with van der Waals surface area (Å²) in [5.41, 5.74) is 6.88. The fraction of sp³-hybridized carbons (Fsp3) is 0.400. The highest BCUT2D eigenvalue weighted by atomic mass is 14.8. The molecule has 1 heterocycles. The van der Waals surface area contributed by atoms with Crippen LogP contribution in [0.4, 0.5) is 0 Å². The van der Waals surface area contributed by atoms with Gasteiger partial charge in [-0.05, 0) is 24.1 Å². The third-order valence-electron chi connectivity index (χ3n) is 1.67. The Morgan fingerprint density at radius 3 is 2.77 bits per heavy atom. The van der Waals surface area contributed by atoms with Gasteiger partial charge >= 0.3 is 0 Å². The molecule has 0 atom stereocenters. The summed E-state index contributed by atoms with van der Waals surface area (Å²) in [5.74, 6) is 0.702. The van der Waals surface area contributed by atoms with Crippen molar-refractivity contribution >= 4 is 5.84 Å². The first-order valence-corrected chi connectivity index (χ1v) is 4.50. The van der Waals surface area contributed by atoms with Crippen molar-refractivity contribution in [2.24, 2.45) is 10.7 Å². The van der Waals surface area contributed by atoms with Crippen LogP contribution in [0.2, 0.25) is 0 Å². The van der Waals surface area contributed by atoms with Crippen LogP contribution in [0.3, 0.4) is 0 Å². The highest BCUT2D eigenvalue weighted by Crippen LogP contribution is 1.97. The zero-order valence-corrected chi connectivity index (χ0v) is 7.90. The molecule has 70 valence electrons. The number of amidine groups is 1. The van der Waals surface area contributed by atoms with E-state index in [0.29, 0.717) is 5.84 Å². The molecule has 1 aromatic heterocycles. The molecule has 2 N–H and O–H groups in total. The molecule has 1 rings (SSSR count). The third-order valence-corrected chi connectivity index (χ3v) is 1.67. The van der Waals surface area contributed by atoms with Gasteiger partial charge in [-0.15, -0.1) is 0 Å². The van der Waals surface area contributed by atoms with Crippen molar-refractivity contribution in [3.05, 3.63) is 30.1 Å². The minimum Gasteiger partial charge on any atom is -0.387 e. The predicted octanol–water partition coefficient (Wildman–Crippen LogP) is 1.39. The highest BCUT2D eigenvalue weighted by Gasteiger charge is 1.94. The topological polar surface area (TPSA) is 51.3 Å². The molecule has 0 saturated carbocycles. The maximum absolute atomic E-state index is 5.72. The summed E-state index contributed by atoms with van der Waals surface area (Å²) in [5, 5.41) is 0. The van der Waals surface area contributed by atoms with E-state index >= 15 is 0 Å². The SMILES string of the molecule is CCCN=C(N)Cc1ccncc1. The van der Waals surface area contributed by atoms with Crippen LogP contribution in [0.15, 0.2) is 29.5 Å². The number of hydrogen-bond donors (Lipinski definition) is 1. The number of pyridine rings is 1. The van der Waals surface area contributed by atoms with Crippen molar-refractivity contribution in [1.29, 1.82) is 0 Å². The number of nitrogens with zero attached hydrogens (tertiary/aromatic N) is 2. The van der Waals surface area contributed by atoms with Crippen LogP contribution in [-0.2, 0) is 6.42 Å². The normalized spacial score (nSPS) is 11.6. The van der Waals surface area contributed by atoms with E-state index in [1.54, 1.807) is 12.4 Å². The molecule has 0 bridgehead atoms. The van der Waals surface area contributed by atoms with Crippen LogP contribution in [0.25, 0.3) is 0 Å². The van der Waals surface area contributed by atoms with Gasteiger partial charge in [-0.1, -0.05) is 6.92 Å². The van der Waals surface area contributed by atoms with Crippen LogP contribution in [0, 0.1) is 0 Å². The van der Waals surface area contributed by atoms with Crippen LogP contribution in [0.1, 0.15) is 18.9 Å². The summed E-state index contributed by atoms with van der Waals surface area (Å²) in [6.45, 7) is 2.90. The van der Waals surface area contributed by atoms with Crippen molar-refractivity contribution in [2.45, 2.75) is 19.8 Å². The minimum absolute atomic E-state index is 0.702. The van der Waals surface area contributed by atoms with Crippen molar-refractivity contribution in [1.82, 2.24) is 4.98 Å². The summed E-state index contributed by atoms with van der Waals surface area (Å²) in [6.07, 6.45) is 5.30. The Bertz CT molecular complexity index is 267. The Labute approximate surface area is 78.7 Å². The van der Waals surface area contributed by atoms with E-state index in [0.717, 1.165) is 24.9 Å². The smallest absolute Gasteiger partial charge is 0.0981 e. The Morgan fingerprint density at radius 2 is 2.15 bits per heavy atom. The van der Waals surface area contributed by atoms with E-state index in [2.05, 4.69) is 16.9 Å². The van der Waals surface area contributed by atoms with Gasteiger partial charge in [-0.3, -0.25) is 9.98 Å². The molecule has 13 heavy (non-hydrogen) atoms. The maximum Gasteiger partial charge on any atom is 0.0981 e. The Hall–Kier alpha value is -1.38. The standard InChI is InChI=1S/C10H15N3/c1-2-5-13-10(11)8-9-3-6-12-7-4-9/h3-4,6-7H,2,5,8H2,1H3,(H2,11,13). The van der Waals surface area contributed by atoms with E-state index in [1.165, 1.54) is 0 Å². The molecule has 3 heteroatoms. The van der Waals surface area contributed by atoms with Gasteiger partial charge in [0.25, 0.3) is 0 Å². The lowest BCUT2D eigenvalue weighted by molar-refractivity contribution is 0.924. The first kappa shape index (κ1) is 9.71. The molecule has 0 fully saturated rings. The molecule has 0 amide bonds. The summed E-state index contributed by atoms with van der Waals surface area (Å²) < 4.78 is 0. The molecule has 0 aliphatic rings. The van der Waals surface area contributed by atoms with Crippen molar-refractivity contribution in [3.63, 3.8) is 0 Å². The van der Waals surface area contributed by atoms with E-state index in [-0.39, 0.29) is 0 Å². The quantitative estimate of drug-likeness (QED) is 0.558. The Kier molecular flexibility index (Phi) is 3.96. The Balaban J connectivity index is 2.50. The van der Waals surface area contributed by atoms with Gasteiger partial charge in [0.1, 0.15) is 0 Å². The van der Waals surface area contributed by atoms with Crippen molar-refractivity contribution in [2.75, 3.05) is 6.54 Å². The molecule has 1 aromatic rings. The molecule has 0 aliphatic heterocycles. The molecule has 0 aromatic carbocycles. The fourth-order valence-corrected chi connectivity index (χ4v) is 1.02. The maximum atomic E-state index is 5.72. The lowest BCUT2D eigenvalue weighted by Crippen LogP contribution is -2.15. The van der Waals surface area contributed by atoms with Crippen molar-refractivity contribution < 1.29 is 0 Å². The molecule has 0 spiro atoms. The lowest BCUT2D eigenvalue weighted by Gasteiger charge is -1.99. The zero-order valence-electron chi connectivity index (χ0n) is 7.90. The number of hydrogen-bond acceptors (Lipinski definition) is 2. The van der Waals surface area contributed by atoms with Gasteiger partial charge in [0.15, 0.2) is 0 Å². The second-order valence-electron chi connectivity index (χ2n) is 2.91. The number of rotatable bonds is 4. The molecule has 0 unspecified atom stereocenters. The zero-order chi connectivity index (χ0) is 9.52. The molecular weight excluding hydrogens is 162 g/mol. The Morgan fingerprint density at radius 1 is 1.46 bits per heavy atom. The largest absolute Gasteiger partial charge is 0.387 e. The summed E-state index contributed by atoms with van der Waals surface area (Å²) in [7, 11) is 0. The van der Waals surface area contributed by atoms with E-state index in [1.807, 2.05) is 12.1 Å². The van der Waals surface area contributed by atoms with Gasteiger partial charge in [0.2, 0.25) is 0 Å². The lowest BCUT2D eigenvalue weighted by atomic mass is 10.2. The van der Waals surface area contributed by atoms with Crippen LogP contribution in [-0.4, -0.2) is 17.4 Å². The first-order valence-electron chi connectivity index (χ1n) is 4.50. The molecule has 0 radical (unpaired) electrons. The third kappa shape index (κ3) is 3.69.